The van der Waals surface area contributed by atoms with Gasteiger partial charge < -0.3 is 4.74 Å². The summed E-state index contributed by atoms with van der Waals surface area (Å²) in [4.78, 5) is 8.38. The number of benzene rings is 1. The highest BCUT2D eigenvalue weighted by molar-refractivity contribution is 7.90. The normalized spacial score (nSPS) is 11.3. The molecule has 7 heteroatoms. The fraction of sp³-hybridized carbons (Fsp3) is 0.231. The van der Waals surface area contributed by atoms with Crippen molar-refractivity contribution in [3.8, 4) is 5.75 Å². The summed E-state index contributed by atoms with van der Waals surface area (Å²) in [5.41, 5.74) is 0.743. The molecule has 2 aromatic rings. The molecule has 0 radical (unpaired) electrons. The molecule has 2 rings (SSSR count). The Labute approximate surface area is 122 Å². The van der Waals surface area contributed by atoms with Crippen molar-refractivity contribution in [3.05, 3.63) is 47.0 Å². The maximum Gasteiger partial charge on any atom is 0.175 e. The first-order valence-corrected chi connectivity index (χ1v) is 8.01. The van der Waals surface area contributed by atoms with E-state index in [2.05, 4.69) is 9.97 Å². The molecule has 0 spiro atoms. The number of nitrogens with zero attached hydrogens (tertiary/aromatic N) is 2. The first-order valence-electron chi connectivity index (χ1n) is 5.74. The van der Waals surface area contributed by atoms with Gasteiger partial charge in [0.1, 0.15) is 16.7 Å². The molecule has 1 aromatic carbocycles. The summed E-state index contributed by atoms with van der Waals surface area (Å²) in [5, 5.41) is 0.348. The molecule has 0 amide bonds. The number of ether oxygens (including phenoxy) is 1. The standard InChI is InChI=1S/C13H13ClN2O3S/c1-19-10-5-9(6-11(8-10)20(2,17)18)7-13-15-4-3-12(14)16-13/h3-6,8H,7H2,1-2H3. The van der Waals surface area contributed by atoms with E-state index >= 15 is 0 Å². The third kappa shape index (κ3) is 3.68. The summed E-state index contributed by atoms with van der Waals surface area (Å²) in [6.45, 7) is 0. The molecular formula is C13H13ClN2O3S. The third-order valence-electron chi connectivity index (χ3n) is 2.64. The molecule has 1 heterocycles. The summed E-state index contributed by atoms with van der Waals surface area (Å²) < 4.78 is 28.4. The number of sulfone groups is 1. The number of hydrogen-bond acceptors (Lipinski definition) is 5. The zero-order valence-electron chi connectivity index (χ0n) is 11.0. The van der Waals surface area contributed by atoms with E-state index in [0.29, 0.717) is 23.1 Å². The van der Waals surface area contributed by atoms with E-state index in [-0.39, 0.29) is 4.90 Å². The lowest BCUT2D eigenvalue weighted by Gasteiger charge is -2.07. The van der Waals surface area contributed by atoms with Crippen LogP contribution >= 0.6 is 11.6 Å². The number of aromatic nitrogens is 2. The molecule has 20 heavy (non-hydrogen) atoms. The summed E-state index contributed by atoms with van der Waals surface area (Å²) in [7, 11) is -1.82. The monoisotopic (exact) mass is 312 g/mol. The molecule has 0 atom stereocenters. The van der Waals surface area contributed by atoms with Crippen molar-refractivity contribution in [2.24, 2.45) is 0 Å². The Kier molecular flexibility index (Phi) is 4.25. The maximum atomic E-state index is 11.7. The average Bonchev–Trinajstić information content (AvgIpc) is 2.37. The molecule has 0 bridgehead atoms. The van der Waals surface area contributed by atoms with Crippen molar-refractivity contribution in [1.29, 1.82) is 0 Å². The molecule has 0 aliphatic carbocycles. The minimum atomic E-state index is -3.31. The molecule has 5 nitrogen and oxygen atoms in total. The van der Waals surface area contributed by atoms with Gasteiger partial charge in [-0.1, -0.05) is 11.6 Å². The molecule has 1 aromatic heterocycles. The third-order valence-corrected chi connectivity index (χ3v) is 3.94. The summed E-state index contributed by atoms with van der Waals surface area (Å²) in [6, 6.07) is 6.40. The zero-order chi connectivity index (χ0) is 14.8. The Balaban J connectivity index is 2.41. The first-order chi connectivity index (χ1) is 9.38. The van der Waals surface area contributed by atoms with Gasteiger partial charge in [0, 0.05) is 18.9 Å². The van der Waals surface area contributed by atoms with E-state index in [1.54, 1.807) is 24.4 Å². The summed E-state index contributed by atoms with van der Waals surface area (Å²) in [5.74, 6) is 0.996. The SMILES string of the molecule is COc1cc(Cc2nccc(Cl)n2)cc(S(C)(=O)=O)c1. The van der Waals surface area contributed by atoms with Crippen LogP contribution in [0.15, 0.2) is 35.4 Å². The topological polar surface area (TPSA) is 69.2 Å². The highest BCUT2D eigenvalue weighted by Crippen LogP contribution is 2.22. The average molecular weight is 313 g/mol. The maximum absolute atomic E-state index is 11.7. The van der Waals surface area contributed by atoms with Crippen LogP contribution in [0.5, 0.6) is 5.75 Å². The number of halogens is 1. The Bertz CT molecular complexity index is 732. The molecule has 0 saturated heterocycles. The second-order valence-electron chi connectivity index (χ2n) is 4.26. The van der Waals surface area contributed by atoms with Crippen LogP contribution in [0.1, 0.15) is 11.4 Å². The van der Waals surface area contributed by atoms with Gasteiger partial charge in [-0.3, -0.25) is 0 Å². The molecule has 0 N–H and O–H groups in total. The fourth-order valence-electron chi connectivity index (χ4n) is 1.71. The predicted octanol–water partition coefficient (Wildman–Crippen LogP) is 2.13. The van der Waals surface area contributed by atoms with E-state index in [1.807, 2.05) is 0 Å². The lowest BCUT2D eigenvalue weighted by atomic mass is 10.1. The molecular weight excluding hydrogens is 300 g/mol. The zero-order valence-corrected chi connectivity index (χ0v) is 12.6. The first kappa shape index (κ1) is 14.7. The van der Waals surface area contributed by atoms with Crippen molar-refractivity contribution in [2.75, 3.05) is 13.4 Å². The molecule has 0 saturated carbocycles. The van der Waals surface area contributed by atoms with Gasteiger partial charge in [-0.05, 0) is 29.8 Å². The van der Waals surface area contributed by atoms with Crippen LogP contribution in [0.3, 0.4) is 0 Å². The van der Waals surface area contributed by atoms with Gasteiger partial charge in [-0.15, -0.1) is 0 Å². The van der Waals surface area contributed by atoms with Gasteiger partial charge in [0.15, 0.2) is 9.84 Å². The molecule has 106 valence electrons. The quantitative estimate of drug-likeness (QED) is 0.809. The van der Waals surface area contributed by atoms with Crippen LogP contribution in [0, 0.1) is 0 Å². The van der Waals surface area contributed by atoms with Gasteiger partial charge in [-0.2, -0.15) is 0 Å². The predicted molar refractivity (Wildman–Crippen MR) is 76.0 cm³/mol. The molecule has 0 fully saturated rings. The molecule has 0 aliphatic heterocycles. The minimum Gasteiger partial charge on any atom is -0.497 e. The number of hydrogen-bond donors (Lipinski definition) is 0. The van der Waals surface area contributed by atoms with Crippen LogP contribution in [-0.4, -0.2) is 31.8 Å². The van der Waals surface area contributed by atoms with Gasteiger partial charge in [0.05, 0.1) is 12.0 Å². The number of methoxy groups -OCH3 is 1. The Morgan fingerprint density at radius 3 is 2.65 bits per heavy atom. The van der Waals surface area contributed by atoms with Crippen molar-refractivity contribution in [2.45, 2.75) is 11.3 Å². The second-order valence-corrected chi connectivity index (χ2v) is 6.66. The van der Waals surface area contributed by atoms with Crippen LogP contribution in [-0.2, 0) is 16.3 Å². The van der Waals surface area contributed by atoms with Crippen molar-refractivity contribution >= 4 is 21.4 Å². The second kappa shape index (κ2) is 5.76. The molecule has 0 aliphatic rings. The fourth-order valence-corrected chi connectivity index (χ4v) is 2.56. The largest absolute Gasteiger partial charge is 0.497 e. The van der Waals surface area contributed by atoms with Gasteiger partial charge in [0.25, 0.3) is 0 Å². The lowest BCUT2D eigenvalue weighted by Crippen LogP contribution is -2.02. The minimum absolute atomic E-state index is 0.203. The van der Waals surface area contributed by atoms with E-state index < -0.39 is 9.84 Å². The van der Waals surface area contributed by atoms with Crippen molar-refractivity contribution in [1.82, 2.24) is 9.97 Å². The Morgan fingerprint density at radius 1 is 1.30 bits per heavy atom. The summed E-state index contributed by atoms with van der Waals surface area (Å²) >= 11 is 5.80. The van der Waals surface area contributed by atoms with Crippen LogP contribution < -0.4 is 4.74 Å². The highest BCUT2D eigenvalue weighted by atomic mass is 35.5. The van der Waals surface area contributed by atoms with E-state index in [1.165, 1.54) is 13.2 Å². The Morgan fingerprint density at radius 2 is 2.05 bits per heavy atom. The van der Waals surface area contributed by atoms with Crippen LogP contribution in [0.4, 0.5) is 0 Å². The summed E-state index contributed by atoms with van der Waals surface area (Å²) in [6.07, 6.45) is 3.09. The lowest BCUT2D eigenvalue weighted by molar-refractivity contribution is 0.413. The van der Waals surface area contributed by atoms with Crippen molar-refractivity contribution < 1.29 is 13.2 Å². The molecule has 0 unspecified atom stereocenters. The highest BCUT2D eigenvalue weighted by Gasteiger charge is 2.11. The van der Waals surface area contributed by atoms with Crippen molar-refractivity contribution in [3.63, 3.8) is 0 Å². The van der Waals surface area contributed by atoms with Gasteiger partial charge in [-0.25, -0.2) is 18.4 Å². The van der Waals surface area contributed by atoms with Crippen LogP contribution in [0.25, 0.3) is 0 Å². The van der Waals surface area contributed by atoms with Gasteiger partial charge in [0.2, 0.25) is 0 Å². The van der Waals surface area contributed by atoms with E-state index in [4.69, 9.17) is 16.3 Å². The smallest absolute Gasteiger partial charge is 0.175 e. The van der Waals surface area contributed by atoms with Crippen LogP contribution in [0.2, 0.25) is 5.15 Å². The van der Waals surface area contributed by atoms with Gasteiger partial charge >= 0.3 is 0 Å². The van der Waals surface area contributed by atoms with E-state index in [9.17, 15) is 8.42 Å². The Hall–Kier alpha value is -1.66. The number of rotatable bonds is 4. The van der Waals surface area contributed by atoms with E-state index in [0.717, 1.165) is 11.8 Å².